The molecule has 0 saturated heterocycles. The fourth-order valence-corrected chi connectivity index (χ4v) is 3.65. The summed E-state index contributed by atoms with van der Waals surface area (Å²) in [7, 11) is 1.32. The Morgan fingerprint density at radius 1 is 0.788 bits per heavy atom. The van der Waals surface area contributed by atoms with Gasteiger partial charge in [-0.05, 0) is 46.2 Å². The molecule has 0 aliphatic carbocycles. The molecule has 0 saturated carbocycles. The summed E-state index contributed by atoms with van der Waals surface area (Å²) < 4.78 is 10.8. The van der Waals surface area contributed by atoms with Crippen molar-refractivity contribution >= 4 is 22.6 Å². The van der Waals surface area contributed by atoms with Gasteiger partial charge in [-0.2, -0.15) is 0 Å². The van der Waals surface area contributed by atoms with Crippen molar-refractivity contribution in [2.75, 3.05) is 7.11 Å². The lowest BCUT2D eigenvalue weighted by Crippen LogP contribution is -2.43. The van der Waals surface area contributed by atoms with Crippen molar-refractivity contribution in [2.24, 2.45) is 0 Å². The number of ether oxygens (including phenoxy) is 2. The molecular weight excluding hydrogens is 414 g/mol. The number of carbonyl (C=O) groups is 2. The number of hydrogen-bond donors (Lipinski definition) is 1. The minimum Gasteiger partial charge on any atom is -0.489 e. The molecule has 1 atom stereocenters. The number of hydrogen-bond acceptors (Lipinski definition) is 4. The van der Waals surface area contributed by atoms with Crippen LogP contribution in [0.15, 0.2) is 97.1 Å². The van der Waals surface area contributed by atoms with Crippen LogP contribution in [0, 0.1) is 0 Å². The Bertz CT molecular complexity index is 1250. The highest BCUT2D eigenvalue weighted by Crippen LogP contribution is 2.18. The van der Waals surface area contributed by atoms with Crippen LogP contribution >= 0.6 is 0 Å². The quantitative estimate of drug-likeness (QED) is 0.395. The van der Waals surface area contributed by atoms with E-state index >= 15 is 0 Å². The van der Waals surface area contributed by atoms with Crippen LogP contribution in [0.5, 0.6) is 5.75 Å². The summed E-state index contributed by atoms with van der Waals surface area (Å²) in [5.41, 5.74) is 2.41. The molecule has 0 aromatic heterocycles. The van der Waals surface area contributed by atoms with E-state index in [1.807, 2.05) is 91.0 Å². The maximum absolute atomic E-state index is 12.9. The van der Waals surface area contributed by atoms with Crippen LogP contribution in [0.4, 0.5) is 0 Å². The molecular formula is C28H25NO4. The lowest BCUT2D eigenvalue weighted by molar-refractivity contribution is -0.142. The van der Waals surface area contributed by atoms with Crippen molar-refractivity contribution in [1.29, 1.82) is 0 Å². The van der Waals surface area contributed by atoms with Crippen LogP contribution in [0.3, 0.4) is 0 Å². The van der Waals surface area contributed by atoms with Gasteiger partial charge in [0.05, 0.1) is 7.11 Å². The van der Waals surface area contributed by atoms with E-state index in [0.29, 0.717) is 17.9 Å². The first kappa shape index (κ1) is 22.1. The third-order valence-corrected chi connectivity index (χ3v) is 5.39. The molecule has 4 aromatic rings. The number of amides is 1. The van der Waals surface area contributed by atoms with Gasteiger partial charge in [0.25, 0.3) is 5.91 Å². The fraction of sp³-hybridized carbons (Fsp3) is 0.143. The van der Waals surface area contributed by atoms with Gasteiger partial charge in [-0.3, -0.25) is 4.79 Å². The summed E-state index contributed by atoms with van der Waals surface area (Å²) in [4.78, 5) is 25.3. The highest BCUT2D eigenvalue weighted by atomic mass is 16.5. The topological polar surface area (TPSA) is 64.6 Å². The van der Waals surface area contributed by atoms with Crippen molar-refractivity contribution in [1.82, 2.24) is 5.32 Å². The maximum atomic E-state index is 12.9. The molecule has 0 spiro atoms. The van der Waals surface area contributed by atoms with Crippen LogP contribution in [-0.4, -0.2) is 25.0 Å². The highest BCUT2D eigenvalue weighted by molar-refractivity contribution is 6.00. The molecule has 166 valence electrons. The van der Waals surface area contributed by atoms with Crippen molar-refractivity contribution in [3.05, 3.63) is 114 Å². The zero-order valence-electron chi connectivity index (χ0n) is 18.4. The van der Waals surface area contributed by atoms with Gasteiger partial charge in [-0.25, -0.2) is 4.79 Å². The van der Waals surface area contributed by atoms with Gasteiger partial charge in [-0.15, -0.1) is 0 Å². The lowest BCUT2D eigenvalue weighted by Gasteiger charge is -2.17. The van der Waals surface area contributed by atoms with Gasteiger partial charge in [0.1, 0.15) is 18.4 Å². The van der Waals surface area contributed by atoms with E-state index in [2.05, 4.69) is 5.32 Å². The molecule has 5 nitrogen and oxygen atoms in total. The second-order valence-corrected chi connectivity index (χ2v) is 7.74. The summed E-state index contributed by atoms with van der Waals surface area (Å²) in [6.07, 6.45) is 0.286. The number of carbonyl (C=O) groups excluding carboxylic acids is 2. The van der Waals surface area contributed by atoms with Crippen molar-refractivity contribution in [2.45, 2.75) is 19.1 Å². The predicted molar refractivity (Wildman–Crippen MR) is 128 cm³/mol. The average molecular weight is 440 g/mol. The maximum Gasteiger partial charge on any atom is 0.328 e. The molecule has 1 amide bonds. The zero-order chi connectivity index (χ0) is 23.0. The zero-order valence-corrected chi connectivity index (χ0v) is 18.4. The van der Waals surface area contributed by atoms with E-state index in [-0.39, 0.29) is 12.3 Å². The largest absolute Gasteiger partial charge is 0.489 e. The number of benzene rings is 4. The monoisotopic (exact) mass is 439 g/mol. The summed E-state index contributed by atoms with van der Waals surface area (Å²) in [6, 6.07) is 29.9. The van der Waals surface area contributed by atoms with E-state index < -0.39 is 12.0 Å². The Kier molecular flexibility index (Phi) is 7.00. The normalized spacial score (nSPS) is 11.5. The van der Waals surface area contributed by atoms with E-state index in [0.717, 1.165) is 21.9 Å². The lowest BCUT2D eigenvalue weighted by atomic mass is 10.0. The third-order valence-electron chi connectivity index (χ3n) is 5.39. The number of esters is 1. The van der Waals surface area contributed by atoms with Crippen LogP contribution in [0.1, 0.15) is 21.5 Å². The van der Waals surface area contributed by atoms with Crippen molar-refractivity contribution in [3.8, 4) is 5.75 Å². The minimum atomic E-state index is -0.821. The molecule has 1 N–H and O–H groups in total. The molecule has 0 fully saturated rings. The summed E-state index contributed by atoms with van der Waals surface area (Å²) in [5, 5.41) is 4.83. The molecule has 0 aliphatic rings. The van der Waals surface area contributed by atoms with E-state index in [1.165, 1.54) is 7.11 Å². The highest BCUT2D eigenvalue weighted by Gasteiger charge is 2.23. The number of methoxy groups -OCH3 is 1. The van der Waals surface area contributed by atoms with Gasteiger partial charge >= 0.3 is 5.97 Å². The Morgan fingerprint density at radius 3 is 2.30 bits per heavy atom. The minimum absolute atomic E-state index is 0.286. The first-order valence-electron chi connectivity index (χ1n) is 10.8. The first-order chi connectivity index (χ1) is 16.1. The van der Waals surface area contributed by atoms with E-state index in [9.17, 15) is 9.59 Å². The smallest absolute Gasteiger partial charge is 0.328 e. The molecule has 0 radical (unpaired) electrons. The summed E-state index contributed by atoms with van der Waals surface area (Å²) in [6.45, 7) is 0.448. The Labute approximate surface area is 193 Å². The molecule has 4 aromatic carbocycles. The Hall–Kier alpha value is -4.12. The molecule has 4 rings (SSSR count). The Morgan fingerprint density at radius 2 is 1.52 bits per heavy atom. The molecule has 0 aliphatic heterocycles. The van der Waals surface area contributed by atoms with Crippen LogP contribution in [0.25, 0.3) is 10.8 Å². The van der Waals surface area contributed by atoms with E-state index in [4.69, 9.17) is 9.47 Å². The van der Waals surface area contributed by atoms with Gasteiger partial charge in [0.15, 0.2) is 0 Å². The van der Waals surface area contributed by atoms with Crippen LogP contribution in [-0.2, 0) is 22.6 Å². The second kappa shape index (κ2) is 10.5. The SMILES string of the molecule is COC(=O)[C@@H](Cc1cccc(OCc2ccccc2)c1)NC(=O)c1ccc2ccccc2c1. The average Bonchev–Trinajstić information content (AvgIpc) is 2.87. The molecule has 0 bridgehead atoms. The van der Waals surface area contributed by atoms with Crippen molar-refractivity contribution < 1.29 is 19.1 Å². The molecule has 0 heterocycles. The molecule has 0 unspecified atom stereocenters. The fourth-order valence-electron chi connectivity index (χ4n) is 3.65. The number of rotatable bonds is 8. The molecule has 5 heteroatoms. The standard InChI is InChI=1S/C28H25NO4/c1-32-28(31)26(29-27(30)24-15-14-22-11-5-6-12-23(22)18-24)17-21-10-7-13-25(16-21)33-19-20-8-3-2-4-9-20/h2-16,18,26H,17,19H2,1H3,(H,29,30)/t26-/m1/s1. The van der Waals surface area contributed by atoms with Gasteiger partial charge in [0, 0.05) is 12.0 Å². The van der Waals surface area contributed by atoms with Crippen molar-refractivity contribution in [3.63, 3.8) is 0 Å². The second-order valence-electron chi connectivity index (χ2n) is 7.74. The van der Waals surface area contributed by atoms with Gasteiger partial charge in [0.2, 0.25) is 0 Å². The van der Waals surface area contributed by atoms with Crippen LogP contribution < -0.4 is 10.1 Å². The van der Waals surface area contributed by atoms with Gasteiger partial charge < -0.3 is 14.8 Å². The number of fused-ring (bicyclic) bond motifs is 1. The van der Waals surface area contributed by atoms with E-state index in [1.54, 1.807) is 6.07 Å². The molecule has 33 heavy (non-hydrogen) atoms. The predicted octanol–water partition coefficient (Wildman–Crippen LogP) is 4.93. The van der Waals surface area contributed by atoms with Crippen LogP contribution in [0.2, 0.25) is 0 Å². The Balaban J connectivity index is 1.46. The van der Waals surface area contributed by atoms with Gasteiger partial charge in [-0.1, -0.05) is 72.8 Å². The summed E-state index contributed by atoms with van der Waals surface area (Å²) in [5.74, 6) is -0.131. The number of nitrogens with one attached hydrogen (secondary N) is 1. The third kappa shape index (κ3) is 5.77. The summed E-state index contributed by atoms with van der Waals surface area (Å²) >= 11 is 0. The first-order valence-corrected chi connectivity index (χ1v) is 10.8.